The maximum absolute atomic E-state index is 11.8. The van der Waals surface area contributed by atoms with E-state index in [-0.39, 0.29) is 5.91 Å². The molecule has 1 aromatic rings. The highest BCUT2D eigenvalue weighted by Gasteiger charge is 2.23. The van der Waals surface area contributed by atoms with Gasteiger partial charge in [0.05, 0.1) is 9.39 Å². The molecule has 0 fully saturated rings. The zero-order valence-corrected chi connectivity index (χ0v) is 13.4. The van der Waals surface area contributed by atoms with Gasteiger partial charge in [0.2, 0.25) is 5.91 Å². The van der Waals surface area contributed by atoms with Crippen molar-refractivity contribution in [1.82, 2.24) is 0 Å². The third-order valence-corrected chi connectivity index (χ3v) is 5.05. The number of rotatable bonds is 3. The molecule has 5 heteroatoms. The molecule has 0 bridgehead atoms. The van der Waals surface area contributed by atoms with E-state index in [4.69, 9.17) is 12.2 Å². The highest BCUT2D eigenvalue weighted by molar-refractivity contribution is 7.73. The molecular formula is C15H18N2OS2. The van der Waals surface area contributed by atoms with Crippen molar-refractivity contribution in [3.05, 3.63) is 20.5 Å². The molecule has 1 aliphatic rings. The Morgan fingerprint density at radius 1 is 1.55 bits per heavy atom. The van der Waals surface area contributed by atoms with Crippen molar-refractivity contribution in [1.29, 1.82) is 5.26 Å². The van der Waals surface area contributed by atoms with E-state index >= 15 is 0 Å². The predicted octanol–water partition coefficient (Wildman–Crippen LogP) is 4.21. The minimum Gasteiger partial charge on any atom is -0.317 e. The quantitative estimate of drug-likeness (QED) is 0.851. The number of amides is 1. The molecule has 0 saturated heterocycles. The Bertz CT molecular complexity index is 628. The van der Waals surface area contributed by atoms with Crippen molar-refractivity contribution in [2.24, 2.45) is 5.92 Å². The highest BCUT2D eigenvalue weighted by atomic mass is 32.1. The van der Waals surface area contributed by atoms with Crippen LogP contribution in [-0.2, 0) is 17.6 Å². The second kappa shape index (κ2) is 6.47. The molecule has 0 radical (unpaired) electrons. The Balaban J connectivity index is 2.45. The molecule has 106 valence electrons. The molecule has 1 amide bonds. The van der Waals surface area contributed by atoms with Gasteiger partial charge >= 0.3 is 0 Å². The van der Waals surface area contributed by atoms with Gasteiger partial charge in [-0.3, -0.25) is 4.79 Å². The first-order valence-corrected chi connectivity index (χ1v) is 8.18. The third-order valence-electron chi connectivity index (χ3n) is 3.62. The van der Waals surface area contributed by atoms with Gasteiger partial charge in [0, 0.05) is 6.42 Å². The fraction of sp³-hybridized carbons (Fsp3) is 0.533. The Morgan fingerprint density at radius 3 is 2.95 bits per heavy atom. The molecule has 0 spiro atoms. The number of anilines is 1. The van der Waals surface area contributed by atoms with Crippen LogP contribution in [0.3, 0.4) is 0 Å². The summed E-state index contributed by atoms with van der Waals surface area (Å²) in [7, 11) is 0. The molecule has 1 atom stereocenters. The SMILES string of the molecule is CCCC(=O)Nc1sc(=S)c2c(c1C#N)CCC(C)C2. The van der Waals surface area contributed by atoms with Gasteiger partial charge in [-0.1, -0.05) is 26.1 Å². The summed E-state index contributed by atoms with van der Waals surface area (Å²) >= 11 is 6.82. The van der Waals surface area contributed by atoms with Crippen molar-refractivity contribution in [3.8, 4) is 6.07 Å². The van der Waals surface area contributed by atoms with Crippen LogP contribution in [0.1, 0.15) is 49.8 Å². The van der Waals surface area contributed by atoms with Gasteiger partial charge in [-0.25, -0.2) is 0 Å². The first-order chi connectivity index (χ1) is 9.56. The number of nitrogens with one attached hydrogen (secondary N) is 1. The normalized spacial score (nSPS) is 17.1. The van der Waals surface area contributed by atoms with Crippen LogP contribution < -0.4 is 5.32 Å². The van der Waals surface area contributed by atoms with Crippen molar-refractivity contribution >= 4 is 34.5 Å². The Kier molecular flexibility index (Phi) is 4.90. The summed E-state index contributed by atoms with van der Waals surface area (Å²) in [6, 6.07) is 2.26. The fourth-order valence-electron chi connectivity index (χ4n) is 2.56. The van der Waals surface area contributed by atoms with E-state index in [1.54, 1.807) is 0 Å². The standard InChI is InChI=1S/C15H18N2OS2/c1-3-4-13(18)17-14-12(8-16)10-6-5-9(2)7-11(10)15(19)20-14/h9H,3-7H2,1-2H3,(H,17,18). The smallest absolute Gasteiger partial charge is 0.224 e. The monoisotopic (exact) mass is 306 g/mol. The second-order valence-electron chi connectivity index (χ2n) is 5.31. The molecule has 3 nitrogen and oxygen atoms in total. The average Bonchev–Trinajstić information content (AvgIpc) is 2.40. The van der Waals surface area contributed by atoms with Crippen LogP contribution in [0.15, 0.2) is 0 Å². The molecule has 1 heterocycles. The summed E-state index contributed by atoms with van der Waals surface area (Å²) in [6.45, 7) is 4.17. The number of fused-ring (bicyclic) bond motifs is 1. The fourth-order valence-corrected chi connectivity index (χ4v) is 3.97. The van der Waals surface area contributed by atoms with E-state index < -0.39 is 0 Å². The van der Waals surface area contributed by atoms with E-state index in [9.17, 15) is 10.1 Å². The van der Waals surface area contributed by atoms with Gasteiger partial charge in [-0.15, -0.1) is 11.3 Å². The van der Waals surface area contributed by atoms with Crippen molar-refractivity contribution < 1.29 is 4.79 Å². The largest absolute Gasteiger partial charge is 0.317 e. The molecule has 0 aliphatic heterocycles. The first-order valence-electron chi connectivity index (χ1n) is 6.95. The van der Waals surface area contributed by atoms with Crippen LogP contribution >= 0.6 is 23.6 Å². The lowest BCUT2D eigenvalue weighted by atomic mass is 9.85. The van der Waals surface area contributed by atoms with Gasteiger partial charge in [-0.2, -0.15) is 5.26 Å². The van der Waals surface area contributed by atoms with E-state index in [0.717, 1.165) is 40.6 Å². The molecule has 2 rings (SSSR count). The van der Waals surface area contributed by atoms with Gasteiger partial charge in [0.1, 0.15) is 11.1 Å². The second-order valence-corrected chi connectivity index (χ2v) is 7.00. The van der Waals surface area contributed by atoms with Crippen LogP contribution in [0.2, 0.25) is 0 Å². The zero-order chi connectivity index (χ0) is 14.7. The Hall–Kier alpha value is -1.25. The van der Waals surface area contributed by atoms with Crippen LogP contribution in [0.25, 0.3) is 0 Å². The topological polar surface area (TPSA) is 52.9 Å². The summed E-state index contributed by atoms with van der Waals surface area (Å²) in [4.78, 5) is 11.8. The first kappa shape index (κ1) is 15.1. The summed E-state index contributed by atoms with van der Waals surface area (Å²) in [5, 5.41) is 12.9. The Morgan fingerprint density at radius 2 is 2.30 bits per heavy atom. The van der Waals surface area contributed by atoms with Crippen LogP contribution in [-0.4, -0.2) is 5.91 Å². The number of hydrogen-bond donors (Lipinski definition) is 1. The third kappa shape index (κ3) is 3.08. The van der Waals surface area contributed by atoms with E-state index in [1.807, 2.05) is 6.92 Å². The summed E-state index contributed by atoms with van der Waals surface area (Å²) in [5.41, 5.74) is 2.82. The number of hydrogen-bond acceptors (Lipinski definition) is 4. The maximum atomic E-state index is 11.8. The van der Waals surface area contributed by atoms with E-state index in [1.165, 1.54) is 11.3 Å². The van der Waals surface area contributed by atoms with Crippen molar-refractivity contribution in [3.63, 3.8) is 0 Å². The Labute approximate surface area is 128 Å². The van der Waals surface area contributed by atoms with Crippen LogP contribution in [0.4, 0.5) is 5.00 Å². The minimum atomic E-state index is -0.0428. The van der Waals surface area contributed by atoms with Gasteiger partial charge in [-0.05, 0) is 42.7 Å². The lowest BCUT2D eigenvalue weighted by Gasteiger charge is -2.23. The average molecular weight is 306 g/mol. The lowest BCUT2D eigenvalue weighted by molar-refractivity contribution is -0.116. The number of carbonyl (C=O) groups is 1. The lowest BCUT2D eigenvalue weighted by Crippen LogP contribution is -2.16. The summed E-state index contributed by atoms with van der Waals surface area (Å²) in [6.07, 6.45) is 4.17. The van der Waals surface area contributed by atoms with E-state index in [2.05, 4.69) is 18.3 Å². The van der Waals surface area contributed by atoms with E-state index in [0.29, 0.717) is 22.9 Å². The van der Waals surface area contributed by atoms with Gasteiger partial charge < -0.3 is 5.32 Å². The van der Waals surface area contributed by atoms with Crippen LogP contribution in [0.5, 0.6) is 0 Å². The molecule has 1 N–H and O–H groups in total. The highest BCUT2D eigenvalue weighted by Crippen LogP contribution is 2.35. The minimum absolute atomic E-state index is 0.0428. The molecule has 1 aliphatic carbocycles. The molecule has 0 saturated carbocycles. The van der Waals surface area contributed by atoms with Gasteiger partial charge in [0.15, 0.2) is 0 Å². The maximum Gasteiger partial charge on any atom is 0.224 e. The molecule has 1 aromatic heterocycles. The summed E-state index contributed by atoms with van der Waals surface area (Å²) in [5.74, 6) is 0.572. The number of carbonyl (C=O) groups excluding carboxylic acids is 1. The zero-order valence-electron chi connectivity index (χ0n) is 11.8. The summed E-state index contributed by atoms with van der Waals surface area (Å²) < 4.78 is 0.817. The van der Waals surface area contributed by atoms with Crippen LogP contribution in [0, 0.1) is 21.1 Å². The van der Waals surface area contributed by atoms with Crippen molar-refractivity contribution in [2.45, 2.75) is 46.0 Å². The van der Waals surface area contributed by atoms with Crippen molar-refractivity contribution in [2.75, 3.05) is 5.32 Å². The molecule has 0 aromatic carbocycles. The molecule has 20 heavy (non-hydrogen) atoms. The molecule has 1 unspecified atom stereocenters. The number of nitriles is 1. The molecular weight excluding hydrogens is 288 g/mol. The van der Waals surface area contributed by atoms with Gasteiger partial charge in [0.25, 0.3) is 0 Å². The number of nitrogens with zero attached hydrogens (tertiary/aromatic N) is 1. The predicted molar refractivity (Wildman–Crippen MR) is 84.6 cm³/mol.